The van der Waals surface area contributed by atoms with Crippen molar-refractivity contribution in [1.82, 2.24) is 0 Å². The minimum atomic E-state index is -1.78. The first-order chi connectivity index (χ1) is 17.3. The molecule has 3 fully saturated rings. The number of aliphatic hydroxyl groups is 2. The third-order valence-electron chi connectivity index (χ3n) is 9.56. The van der Waals surface area contributed by atoms with E-state index < -0.39 is 58.8 Å². The van der Waals surface area contributed by atoms with E-state index in [1.165, 1.54) is 0 Å². The summed E-state index contributed by atoms with van der Waals surface area (Å²) >= 11 is 0. The number of ketones is 3. The topological polar surface area (TPSA) is 161 Å². The van der Waals surface area contributed by atoms with Gasteiger partial charge in [-0.2, -0.15) is 0 Å². The zero-order valence-electron chi connectivity index (χ0n) is 21.4. The van der Waals surface area contributed by atoms with Gasteiger partial charge in [0.2, 0.25) is 0 Å². The molecule has 1 unspecified atom stereocenters. The summed E-state index contributed by atoms with van der Waals surface area (Å²) in [6.45, 7) is 3.87. The van der Waals surface area contributed by atoms with E-state index in [0.29, 0.717) is 19.3 Å². The van der Waals surface area contributed by atoms with Gasteiger partial charge in [0.25, 0.3) is 0 Å². The van der Waals surface area contributed by atoms with E-state index in [1.807, 2.05) is 6.92 Å². The van der Waals surface area contributed by atoms with Gasteiger partial charge in [0.15, 0.2) is 11.6 Å². The van der Waals surface area contributed by atoms with Crippen molar-refractivity contribution in [2.45, 2.75) is 83.8 Å². The maximum absolute atomic E-state index is 13.8. The summed E-state index contributed by atoms with van der Waals surface area (Å²) in [4.78, 5) is 74.2. The van der Waals surface area contributed by atoms with Gasteiger partial charge in [-0.15, -0.1) is 0 Å². The molecule has 37 heavy (non-hydrogen) atoms. The normalized spacial score (nSPS) is 38.6. The van der Waals surface area contributed by atoms with Gasteiger partial charge >= 0.3 is 17.9 Å². The number of carbonyl (C=O) groups is 6. The van der Waals surface area contributed by atoms with Gasteiger partial charge in [0, 0.05) is 36.5 Å². The van der Waals surface area contributed by atoms with E-state index in [9.17, 15) is 39.0 Å². The van der Waals surface area contributed by atoms with Gasteiger partial charge in [-0.25, -0.2) is 0 Å². The van der Waals surface area contributed by atoms with Crippen LogP contribution in [0.5, 0.6) is 0 Å². The van der Waals surface area contributed by atoms with Crippen molar-refractivity contribution in [3.05, 3.63) is 11.6 Å². The highest BCUT2D eigenvalue weighted by atomic mass is 16.6. The first-order valence-corrected chi connectivity index (χ1v) is 12.8. The zero-order chi connectivity index (χ0) is 27.3. The van der Waals surface area contributed by atoms with E-state index >= 15 is 0 Å². The third kappa shape index (κ3) is 4.27. The van der Waals surface area contributed by atoms with E-state index in [4.69, 9.17) is 4.74 Å². The van der Waals surface area contributed by atoms with Crippen molar-refractivity contribution in [3.8, 4) is 0 Å². The Labute approximate surface area is 214 Å². The molecule has 2 N–H and O–H groups in total. The smallest absolute Gasteiger partial charge is 0.314 e. The Hall–Kier alpha value is -2.72. The molecule has 4 rings (SSSR count). The van der Waals surface area contributed by atoms with Gasteiger partial charge < -0.3 is 19.7 Å². The van der Waals surface area contributed by atoms with Crippen LogP contribution in [0.4, 0.5) is 0 Å². The summed E-state index contributed by atoms with van der Waals surface area (Å²) in [7, 11) is 0. The Balaban J connectivity index is 1.61. The van der Waals surface area contributed by atoms with Crippen LogP contribution >= 0.6 is 0 Å². The molecule has 0 radical (unpaired) electrons. The first-order valence-electron chi connectivity index (χ1n) is 12.8. The lowest BCUT2D eigenvalue weighted by molar-refractivity contribution is -0.181. The number of hydrogen-bond acceptors (Lipinski definition) is 10. The molecule has 0 bridgehead atoms. The van der Waals surface area contributed by atoms with Crippen molar-refractivity contribution in [3.63, 3.8) is 0 Å². The number of hydrogen-bond donors (Lipinski definition) is 2. The molecule has 0 aromatic rings. The summed E-state index contributed by atoms with van der Waals surface area (Å²) in [6.07, 6.45) is 1.54. The second-order valence-electron chi connectivity index (χ2n) is 11.4. The minimum Gasteiger partial charge on any atom is -0.461 e. The number of ether oxygens (including phenoxy) is 2. The lowest BCUT2D eigenvalue weighted by Gasteiger charge is -2.59. The van der Waals surface area contributed by atoms with E-state index in [0.717, 1.165) is 12.5 Å². The molecular weight excluding hydrogens is 484 g/mol. The van der Waals surface area contributed by atoms with Crippen LogP contribution in [0.1, 0.15) is 72.1 Å². The highest BCUT2D eigenvalue weighted by Crippen LogP contribution is 2.66. The quantitative estimate of drug-likeness (QED) is 0.388. The average Bonchev–Trinajstić information content (AvgIpc) is 3.08. The molecule has 0 spiro atoms. The third-order valence-corrected chi connectivity index (χ3v) is 9.56. The lowest BCUT2D eigenvalue weighted by atomic mass is 9.45. The fourth-order valence-corrected chi connectivity index (χ4v) is 7.79. The van der Waals surface area contributed by atoms with Crippen molar-refractivity contribution in [2.24, 2.45) is 28.6 Å². The van der Waals surface area contributed by atoms with Gasteiger partial charge in [-0.05, 0) is 43.6 Å². The van der Waals surface area contributed by atoms with Crippen LogP contribution in [0.25, 0.3) is 0 Å². The second kappa shape index (κ2) is 9.54. The zero-order valence-corrected chi connectivity index (χ0v) is 21.4. The van der Waals surface area contributed by atoms with E-state index in [-0.39, 0.29) is 55.5 Å². The Morgan fingerprint density at radius 1 is 1.08 bits per heavy atom. The molecule has 0 aliphatic heterocycles. The molecule has 10 nitrogen and oxygen atoms in total. The van der Waals surface area contributed by atoms with Crippen molar-refractivity contribution in [2.75, 3.05) is 6.61 Å². The largest absolute Gasteiger partial charge is 0.461 e. The molecule has 10 heteroatoms. The molecule has 7 atom stereocenters. The van der Waals surface area contributed by atoms with E-state index in [2.05, 4.69) is 4.74 Å². The predicted molar refractivity (Wildman–Crippen MR) is 125 cm³/mol. The number of esters is 3. The highest BCUT2D eigenvalue weighted by molar-refractivity contribution is 5.95. The molecule has 0 saturated heterocycles. The molecular formula is C27H34O10. The van der Waals surface area contributed by atoms with Crippen LogP contribution in [0.15, 0.2) is 11.6 Å². The average molecular weight is 519 g/mol. The monoisotopic (exact) mass is 518 g/mol. The molecule has 4 aliphatic carbocycles. The molecule has 4 aliphatic rings. The SMILES string of the molecule is CC(=O)OC(=O)CCC(=O)OC1CC(=O)C=C2CC[C@H]3[C@@H]4CC[C@](O)(C(=O)CO)[C@@]4(C)CC(=O)[C@@H]3[C@]21C. The summed E-state index contributed by atoms with van der Waals surface area (Å²) < 4.78 is 10.2. The number of Topliss-reactive ketones (excluding diaryl/α,β-unsaturated/α-hetero) is 2. The van der Waals surface area contributed by atoms with Crippen molar-refractivity contribution in [1.29, 1.82) is 0 Å². The molecule has 0 aromatic heterocycles. The fraction of sp³-hybridized carbons (Fsp3) is 0.704. The minimum absolute atomic E-state index is 0.0601. The first kappa shape index (κ1) is 27.3. The van der Waals surface area contributed by atoms with Gasteiger partial charge in [-0.1, -0.05) is 19.4 Å². The summed E-state index contributed by atoms with van der Waals surface area (Å²) in [5.41, 5.74) is -3.01. The van der Waals surface area contributed by atoms with Crippen LogP contribution in [0, 0.1) is 28.6 Å². The predicted octanol–water partition coefficient (Wildman–Crippen LogP) is 1.38. The van der Waals surface area contributed by atoms with Crippen LogP contribution in [0.2, 0.25) is 0 Å². The van der Waals surface area contributed by atoms with Crippen molar-refractivity contribution >= 4 is 35.3 Å². The Morgan fingerprint density at radius 2 is 1.76 bits per heavy atom. The standard InChI is InChI=1S/C27H34O10/c1-14(29)36-22(33)6-7-23(34)37-21-11-16(30)10-15-4-5-17-18-8-9-27(35,20(32)13-28)25(18,2)12-19(31)24(17)26(15,21)3/h10,17-18,21,24,28,35H,4-9,11-13H2,1-3H3/t17-,18-,21?,24+,25-,26+,27-/m0/s1. The van der Waals surface area contributed by atoms with Crippen LogP contribution in [-0.4, -0.2) is 63.8 Å². The van der Waals surface area contributed by atoms with Gasteiger partial charge in [0.1, 0.15) is 24.1 Å². The van der Waals surface area contributed by atoms with Crippen LogP contribution in [0.3, 0.4) is 0 Å². The Kier molecular flexibility index (Phi) is 7.05. The maximum atomic E-state index is 13.8. The number of aliphatic hydroxyl groups excluding tert-OH is 1. The Morgan fingerprint density at radius 3 is 2.41 bits per heavy atom. The molecule has 202 valence electrons. The number of carbonyl (C=O) groups excluding carboxylic acids is 6. The van der Waals surface area contributed by atoms with E-state index in [1.54, 1.807) is 13.0 Å². The molecule has 0 aromatic carbocycles. The number of fused-ring (bicyclic) bond motifs is 5. The maximum Gasteiger partial charge on any atom is 0.314 e. The van der Waals surface area contributed by atoms with Crippen molar-refractivity contribution < 1.29 is 48.5 Å². The highest BCUT2D eigenvalue weighted by Gasteiger charge is 2.69. The molecule has 3 saturated carbocycles. The molecule has 0 heterocycles. The lowest BCUT2D eigenvalue weighted by Crippen LogP contribution is -2.63. The summed E-state index contributed by atoms with van der Waals surface area (Å²) in [5.74, 6) is -4.37. The van der Waals surface area contributed by atoms with Gasteiger partial charge in [0.05, 0.1) is 12.8 Å². The van der Waals surface area contributed by atoms with Crippen LogP contribution < -0.4 is 0 Å². The van der Waals surface area contributed by atoms with Gasteiger partial charge in [-0.3, -0.25) is 28.8 Å². The summed E-state index contributed by atoms with van der Waals surface area (Å²) in [6, 6.07) is 0. The Bertz CT molecular complexity index is 1090. The second-order valence-corrected chi connectivity index (χ2v) is 11.4. The van der Waals surface area contributed by atoms with Crippen LogP contribution in [-0.2, 0) is 38.2 Å². The fourth-order valence-electron chi connectivity index (χ4n) is 7.79. The summed E-state index contributed by atoms with van der Waals surface area (Å²) in [5, 5.41) is 20.8. The number of rotatable bonds is 6. The molecule has 0 amide bonds.